The van der Waals surface area contributed by atoms with Gasteiger partial charge in [0.1, 0.15) is 6.23 Å². The average Bonchev–Trinajstić information content (AvgIpc) is 3.18. The lowest BCUT2D eigenvalue weighted by Crippen LogP contribution is -2.49. The lowest BCUT2D eigenvalue weighted by atomic mass is 9.84. The summed E-state index contributed by atoms with van der Waals surface area (Å²) in [5, 5.41) is 7.18. The predicted molar refractivity (Wildman–Crippen MR) is 135 cm³/mol. The van der Waals surface area contributed by atoms with Crippen molar-refractivity contribution in [3.63, 3.8) is 0 Å². The van der Waals surface area contributed by atoms with E-state index in [0.717, 1.165) is 31.3 Å². The first-order chi connectivity index (χ1) is 14.3. The number of hydrogen-bond acceptors (Lipinski definition) is 6. The van der Waals surface area contributed by atoms with Gasteiger partial charge < -0.3 is 19.8 Å². The summed E-state index contributed by atoms with van der Waals surface area (Å²) in [6.07, 6.45) is 11.9. The molecule has 2 fully saturated rings. The molecule has 0 aromatic carbocycles. The van der Waals surface area contributed by atoms with E-state index in [2.05, 4.69) is 80.0 Å². The van der Waals surface area contributed by atoms with Gasteiger partial charge in [-0.05, 0) is 76.7 Å². The smallest absolute Gasteiger partial charge is 0.124 e. The van der Waals surface area contributed by atoms with Crippen LogP contribution in [0.25, 0.3) is 0 Å². The van der Waals surface area contributed by atoms with Gasteiger partial charge in [-0.25, -0.2) is 0 Å². The number of likely N-dealkylation sites (N-methyl/N-ethyl adjacent to an activating group) is 2. The van der Waals surface area contributed by atoms with Gasteiger partial charge in [0, 0.05) is 45.0 Å². The Bertz CT molecular complexity index is 643. The first-order valence-corrected chi connectivity index (χ1v) is 13.0. The van der Waals surface area contributed by atoms with Crippen LogP contribution < -0.4 is 10.6 Å². The average molecular weight is 457 g/mol. The van der Waals surface area contributed by atoms with Crippen molar-refractivity contribution in [3.05, 3.63) is 23.4 Å². The summed E-state index contributed by atoms with van der Waals surface area (Å²) < 4.78 is 8.94. The zero-order valence-electron chi connectivity index (χ0n) is 20.7. The van der Waals surface area contributed by atoms with Crippen molar-refractivity contribution in [3.8, 4) is 0 Å². The monoisotopic (exact) mass is 456 g/mol. The molecule has 0 spiro atoms. The fraction of sp³-hybridized carbons (Fsp3) is 0.833. The molecule has 4 N–H and O–H groups in total. The van der Waals surface area contributed by atoms with E-state index in [-0.39, 0.29) is 24.8 Å². The molecule has 0 aromatic heterocycles. The van der Waals surface area contributed by atoms with Crippen LogP contribution in [0, 0.1) is 11.8 Å². The van der Waals surface area contributed by atoms with Gasteiger partial charge in [0.05, 0.1) is 6.10 Å². The van der Waals surface area contributed by atoms with E-state index in [0.29, 0.717) is 6.04 Å². The number of rotatable bonds is 11. The van der Waals surface area contributed by atoms with Gasteiger partial charge in [-0.2, -0.15) is 0 Å². The molecule has 0 bridgehead atoms. The molecule has 7 heteroatoms. The summed E-state index contributed by atoms with van der Waals surface area (Å²) in [6.45, 7) is 12.3. The summed E-state index contributed by atoms with van der Waals surface area (Å²) in [6, 6.07) is 0.402. The van der Waals surface area contributed by atoms with Crippen LogP contribution in [-0.4, -0.2) is 78.6 Å². The van der Waals surface area contributed by atoms with Crippen LogP contribution in [0.4, 0.5) is 0 Å². The maximum absolute atomic E-state index is 6.63. The standard InChI is InChI=1S/C24H44N4OS.H2O.H2/c1-8-25-23(22-10-9-11-26-22)29-18(3)19-13-21(28(6)30-7)15-24(4,14-19)27(5)16-20-12-17(20)2;;/h13-14,17-18,20,22-23,25-26H,8-12,15-16H2,1-7H3;1H2;1H. The van der Waals surface area contributed by atoms with Gasteiger partial charge in [0.25, 0.3) is 0 Å². The van der Waals surface area contributed by atoms with E-state index >= 15 is 0 Å². The van der Waals surface area contributed by atoms with E-state index in [1.54, 1.807) is 11.9 Å². The van der Waals surface area contributed by atoms with Crippen LogP contribution in [0.15, 0.2) is 23.4 Å². The van der Waals surface area contributed by atoms with Gasteiger partial charge in [-0.3, -0.25) is 10.2 Å². The maximum Gasteiger partial charge on any atom is 0.124 e. The molecule has 1 heterocycles. The Kier molecular flexibility index (Phi) is 9.92. The third-order valence-electron chi connectivity index (χ3n) is 7.37. The normalized spacial score (nSPS) is 32.2. The molecule has 0 radical (unpaired) electrons. The van der Waals surface area contributed by atoms with Crippen molar-refractivity contribution in [1.29, 1.82) is 0 Å². The fourth-order valence-corrected chi connectivity index (χ4v) is 5.18. The van der Waals surface area contributed by atoms with Gasteiger partial charge in [0.2, 0.25) is 0 Å². The van der Waals surface area contributed by atoms with E-state index in [1.165, 1.54) is 37.1 Å². The topological polar surface area (TPSA) is 71.3 Å². The molecule has 6 nitrogen and oxygen atoms in total. The Morgan fingerprint density at radius 1 is 1.42 bits per heavy atom. The first-order valence-electron chi connectivity index (χ1n) is 11.8. The molecule has 3 aliphatic rings. The van der Waals surface area contributed by atoms with E-state index in [9.17, 15) is 0 Å². The molecule has 1 aliphatic heterocycles. The van der Waals surface area contributed by atoms with Crippen LogP contribution in [0.2, 0.25) is 0 Å². The van der Waals surface area contributed by atoms with Gasteiger partial charge in [-0.15, -0.1) is 0 Å². The zero-order chi connectivity index (χ0) is 21.9. The largest absolute Gasteiger partial charge is 0.412 e. The van der Waals surface area contributed by atoms with Crippen LogP contribution in [-0.2, 0) is 4.74 Å². The summed E-state index contributed by atoms with van der Waals surface area (Å²) >= 11 is 1.78. The van der Waals surface area contributed by atoms with Gasteiger partial charge in [0.15, 0.2) is 0 Å². The van der Waals surface area contributed by atoms with Crippen molar-refractivity contribution < 1.29 is 11.6 Å². The van der Waals surface area contributed by atoms with Crippen molar-refractivity contribution in [1.82, 2.24) is 19.8 Å². The van der Waals surface area contributed by atoms with E-state index < -0.39 is 0 Å². The number of ether oxygens (including phenoxy) is 1. The van der Waals surface area contributed by atoms with Crippen molar-refractivity contribution in [2.75, 3.05) is 40.0 Å². The minimum absolute atomic E-state index is 0. The molecule has 1 saturated carbocycles. The highest BCUT2D eigenvalue weighted by atomic mass is 32.2. The Labute approximate surface area is 196 Å². The molecule has 3 rings (SSSR count). The van der Waals surface area contributed by atoms with Crippen LogP contribution in [0.3, 0.4) is 0 Å². The second-order valence-electron chi connectivity index (χ2n) is 9.81. The zero-order valence-corrected chi connectivity index (χ0v) is 21.5. The molecule has 2 aliphatic carbocycles. The number of nitrogens with zero attached hydrogens (tertiary/aromatic N) is 2. The van der Waals surface area contributed by atoms with Crippen LogP contribution in [0.5, 0.6) is 0 Å². The van der Waals surface area contributed by atoms with E-state index in [4.69, 9.17) is 4.74 Å². The Morgan fingerprint density at radius 2 is 2.13 bits per heavy atom. The van der Waals surface area contributed by atoms with E-state index in [1.807, 2.05) is 0 Å². The molecule has 182 valence electrons. The third-order valence-corrected chi connectivity index (χ3v) is 8.16. The lowest BCUT2D eigenvalue weighted by Gasteiger charge is -2.42. The molecular weight excluding hydrogens is 408 g/mol. The molecule has 0 amide bonds. The summed E-state index contributed by atoms with van der Waals surface area (Å²) in [7, 11) is 4.48. The maximum atomic E-state index is 6.63. The number of hydrogen-bond donors (Lipinski definition) is 2. The first kappa shape index (κ1) is 26.7. The minimum Gasteiger partial charge on any atom is -0.412 e. The minimum atomic E-state index is 0. The summed E-state index contributed by atoms with van der Waals surface area (Å²) in [5.41, 5.74) is 2.70. The Hall–Kier alpha value is -0.570. The van der Waals surface area contributed by atoms with Crippen LogP contribution in [0.1, 0.15) is 54.8 Å². The quantitative estimate of drug-likeness (QED) is 0.367. The second-order valence-corrected chi connectivity index (χ2v) is 10.7. The molecule has 1 saturated heterocycles. The SMILES string of the molecule is CCNC(OC(C)C1=CC(C)(N(C)CC2CC2C)CC(N(C)SC)=C1)C1CCCN1.O.[HH]. The molecule has 6 atom stereocenters. The van der Waals surface area contributed by atoms with Crippen LogP contribution >= 0.6 is 11.9 Å². The highest BCUT2D eigenvalue weighted by Gasteiger charge is 2.39. The van der Waals surface area contributed by atoms with Gasteiger partial charge >= 0.3 is 0 Å². The fourth-order valence-electron chi connectivity index (χ4n) is 4.83. The molecule has 0 aromatic rings. The van der Waals surface area contributed by atoms with Crippen molar-refractivity contribution >= 4 is 11.9 Å². The lowest BCUT2D eigenvalue weighted by molar-refractivity contribution is -0.0211. The second kappa shape index (κ2) is 11.5. The van der Waals surface area contributed by atoms with Crippen molar-refractivity contribution in [2.45, 2.75) is 77.3 Å². The highest BCUT2D eigenvalue weighted by molar-refractivity contribution is 7.96. The number of nitrogens with one attached hydrogen (secondary N) is 2. The Morgan fingerprint density at radius 3 is 2.68 bits per heavy atom. The highest BCUT2D eigenvalue weighted by Crippen LogP contribution is 2.41. The molecular formula is C24H48N4O2S. The van der Waals surface area contributed by atoms with Gasteiger partial charge in [-0.1, -0.05) is 31.9 Å². The third kappa shape index (κ3) is 6.71. The summed E-state index contributed by atoms with van der Waals surface area (Å²) in [5.74, 6) is 1.74. The molecule has 6 unspecified atom stereocenters. The molecule has 31 heavy (non-hydrogen) atoms. The summed E-state index contributed by atoms with van der Waals surface area (Å²) in [4.78, 5) is 2.58. The Balaban J connectivity index is 0.00000256. The predicted octanol–water partition coefficient (Wildman–Crippen LogP) is 3.27. The van der Waals surface area contributed by atoms with Crippen molar-refractivity contribution in [2.24, 2.45) is 11.8 Å².